The third-order valence-corrected chi connectivity index (χ3v) is 3.29. The number of ether oxygens (including phenoxy) is 1. The van der Waals surface area contributed by atoms with Crippen LogP contribution in [0.4, 0.5) is 4.79 Å². The second-order valence-electron chi connectivity index (χ2n) is 6.40. The SMILES string of the molecule is CC(C)(C)OC(=O)N1CC(O)C(NC(=O)c2ccccc2)C1. The van der Waals surface area contributed by atoms with Gasteiger partial charge >= 0.3 is 6.09 Å². The summed E-state index contributed by atoms with van der Waals surface area (Å²) < 4.78 is 5.27. The predicted octanol–water partition coefficient (Wildman–Crippen LogP) is 1.40. The van der Waals surface area contributed by atoms with Crippen LogP contribution in [0.15, 0.2) is 30.3 Å². The molecule has 1 aromatic carbocycles. The molecule has 1 aliphatic rings. The minimum atomic E-state index is -0.805. The molecule has 1 saturated heterocycles. The van der Waals surface area contributed by atoms with E-state index in [-0.39, 0.29) is 19.0 Å². The van der Waals surface area contributed by atoms with Crippen LogP contribution in [0.1, 0.15) is 31.1 Å². The Morgan fingerprint density at radius 2 is 1.86 bits per heavy atom. The number of hydrogen-bond acceptors (Lipinski definition) is 4. The van der Waals surface area contributed by atoms with Gasteiger partial charge < -0.3 is 20.1 Å². The largest absolute Gasteiger partial charge is 0.444 e. The first-order valence-electron chi connectivity index (χ1n) is 7.28. The van der Waals surface area contributed by atoms with E-state index >= 15 is 0 Å². The number of nitrogens with one attached hydrogen (secondary N) is 1. The van der Waals surface area contributed by atoms with Crippen molar-refractivity contribution in [2.75, 3.05) is 13.1 Å². The van der Waals surface area contributed by atoms with Gasteiger partial charge in [-0.1, -0.05) is 18.2 Å². The van der Waals surface area contributed by atoms with Crippen LogP contribution in [-0.2, 0) is 4.74 Å². The molecule has 1 aromatic rings. The highest BCUT2D eigenvalue weighted by Crippen LogP contribution is 2.16. The molecule has 1 fully saturated rings. The standard InChI is InChI=1S/C16H22N2O4/c1-16(2,3)22-15(21)18-9-12(13(19)10-18)17-14(20)11-7-5-4-6-8-11/h4-8,12-13,19H,9-10H2,1-3H3,(H,17,20). The van der Waals surface area contributed by atoms with Gasteiger partial charge in [0.1, 0.15) is 5.60 Å². The molecule has 6 heteroatoms. The molecule has 2 amide bonds. The van der Waals surface area contributed by atoms with Crippen molar-refractivity contribution in [3.8, 4) is 0 Å². The fourth-order valence-corrected chi connectivity index (χ4v) is 2.25. The minimum Gasteiger partial charge on any atom is -0.444 e. The van der Waals surface area contributed by atoms with Crippen LogP contribution in [0.2, 0.25) is 0 Å². The van der Waals surface area contributed by atoms with Gasteiger partial charge in [-0.15, -0.1) is 0 Å². The van der Waals surface area contributed by atoms with Crippen LogP contribution in [0.25, 0.3) is 0 Å². The van der Waals surface area contributed by atoms with Gasteiger partial charge in [0, 0.05) is 12.1 Å². The number of β-amino-alcohol motifs (C(OH)–C–C–N with tert-alkyl or cyclic N) is 1. The van der Waals surface area contributed by atoms with E-state index in [2.05, 4.69) is 5.32 Å². The van der Waals surface area contributed by atoms with Crippen LogP contribution in [0.3, 0.4) is 0 Å². The Bertz CT molecular complexity index is 539. The Hall–Kier alpha value is -2.08. The molecular weight excluding hydrogens is 284 g/mol. The van der Waals surface area contributed by atoms with Crippen LogP contribution < -0.4 is 5.32 Å². The first-order valence-corrected chi connectivity index (χ1v) is 7.28. The van der Waals surface area contributed by atoms with E-state index in [1.54, 1.807) is 45.0 Å². The van der Waals surface area contributed by atoms with Crippen molar-refractivity contribution in [1.29, 1.82) is 0 Å². The van der Waals surface area contributed by atoms with E-state index in [1.165, 1.54) is 4.90 Å². The van der Waals surface area contributed by atoms with Gasteiger partial charge in [0.15, 0.2) is 0 Å². The lowest BCUT2D eigenvalue weighted by atomic mass is 10.1. The van der Waals surface area contributed by atoms with Gasteiger partial charge in [-0.2, -0.15) is 0 Å². The van der Waals surface area contributed by atoms with Crippen LogP contribution in [0.5, 0.6) is 0 Å². The summed E-state index contributed by atoms with van der Waals surface area (Å²) in [6.45, 7) is 5.73. The molecule has 0 bridgehead atoms. The number of carbonyl (C=O) groups is 2. The van der Waals surface area contributed by atoms with E-state index in [9.17, 15) is 14.7 Å². The summed E-state index contributed by atoms with van der Waals surface area (Å²) in [5.41, 5.74) is -0.0710. The third-order valence-electron chi connectivity index (χ3n) is 3.29. The van der Waals surface area contributed by atoms with Crippen LogP contribution in [0, 0.1) is 0 Å². The van der Waals surface area contributed by atoms with Gasteiger partial charge in [0.25, 0.3) is 5.91 Å². The summed E-state index contributed by atoms with van der Waals surface area (Å²) >= 11 is 0. The zero-order valence-electron chi connectivity index (χ0n) is 13.1. The second-order valence-corrected chi connectivity index (χ2v) is 6.40. The molecule has 2 atom stereocenters. The number of benzene rings is 1. The summed E-state index contributed by atoms with van der Waals surface area (Å²) in [6, 6.07) is 8.26. The molecule has 0 saturated carbocycles. The van der Waals surface area contributed by atoms with Gasteiger partial charge in [-0.25, -0.2) is 4.79 Å². The van der Waals surface area contributed by atoms with Gasteiger partial charge in [0.2, 0.25) is 0 Å². The summed E-state index contributed by atoms with van der Waals surface area (Å²) in [5.74, 6) is -0.268. The molecule has 0 radical (unpaired) electrons. The van der Waals surface area contributed by atoms with Crippen LogP contribution in [-0.4, -0.2) is 52.8 Å². The van der Waals surface area contributed by atoms with Crippen molar-refractivity contribution >= 4 is 12.0 Å². The maximum atomic E-state index is 12.1. The Morgan fingerprint density at radius 3 is 2.45 bits per heavy atom. The lowest BCUT2D eigenvalue weighted by molar-refractivity contribution is 0.0269. The van der Waals surface area contributed by atoms with Gasteiger partial charge in [0.05, 0.1) is 18.7 Å². The van der Waals surface area contributed by atoms with E-state index in [1.807, 2.05) is 6.07 Å². The average molecular weight is 306 g/mol. The summed E-state index contributed by atoms with van der Waals surface area (Å²) in [7, 11) is 0. The smallest absolute Gasteiger partial charge is 0.410 e. The lowest BCUT2D eigenvalue weighted by Crippen LogP contribution is -2.43. The highest BCUT2D eigenvalue weighted by Gasteiger charge is 2.37. The summed E-state index contributed by atoms with van der Waals surface area (Å²) in [5, 5.41) is 12.8. The number of carbonyl (C=O) groups excluding carboxylic acids is 2. The second kappa shape index (κ2) is 6.36. The maximum absolute atomic E-state index is 12.1. The minimum absolute atomic E-state index is 0.147. The monoisotopic (exact) mass is 306 g/mol. The van der Waals surface area contributed by atoms with E-state index in [4.69, 9.17) is 4.74 Å². The molecule has 0 aliphatic carbocycles. The molecule has 120 valence electrons. The Labute approximate surface area is 130 Å². The lowest BCUT2D eigenvalue weighted by Gasteiger charge is -2.24. The number of amides is 2. The highest BCUT2D eigenvalue weighted by molar-refractivity contribution is 5.94. The number of nitrogens with zero attached hydrogens (tertiary/aromatic N) is 1. The third kappa shape index (κ3) is 4.21. The number of likely N-dealkylation sites (tertiary alicyclic amines) is 1. The Morgan fingerprint density at radius 1 is 1.23 bits per heavy atom. The molecule has 22 heavy (non-hydrogen) atoms. The average Bonchev–Trinajstić information content (AvgIpc) is 2.79. The number of aliphatic hydroxyl groups excluding tert-OH is 1. The van der Waals surface area contributed by atoms with Crippen molar-refractivity contribution < 1.29 is 19.4 Å². The van der Waals surface area contributed by atoms with Crippen molar-refractivity contribution in [2.45, 2.75) is 38.5 Å². The van der Waals surface area contributed by atoms with Crippen molar-refractivity contribution in [1.82, 2.24) is 10.2 Å². The molecule has 2 unspecified atom stereocenters. The van der Waals surface area contributed by atoms with Crippen molar-refractivity contribution in [2.24, 2.45) is 0 Å². The van der Waals surface area contributed by atoms with E-state index in [0.29, 0.717) is 5.56 Å². The number of rotatable bonds is 2. The van der Waals surface area contributed by atoms with Crippen molar-refractivity contribution in [3.63, 3.8) is 0 Å². The fraction of sp³-hybridized carbons (Fsp3) is 0.500. The normalized spacial score (nSPS) is 21.5. The van der Waals surface area contributed by atoms with Crippen LogP contribution >= 0.6 is 0 Å². The Kier molecular flexibility index (Phi) is 4.71. The number of aliphatic hydroxyl groups is 1. The molecule has 1 aliphatic heterocycles. The quantitative estimate of drug-likeness (QED) is 0.865. The molecule has 2 rings (SSSR count). The zero-order valence-corrected chi connectivity index (χ0v) is 13.1. The first kappa shape index (κ1) is 16.3. The molecule has 6 nitrogen and oxygen atoms in total. The number of hydrogen-bond donors (Lipinski definition) is 2. The summed E-state index contributed by atoms with van der Waals surface area (Å²) in [4.78, 5) is 25.5. The molecule has 2 N–H and O–H groups in total. The van der Waals surface area contributed by atoms with Gasteiger partial charge in [-0.3, -0.25) is 4.79 Å². The molecule has 0 spiro atoms. The van der Waals surface area contributed by atoms with E-state index < -0.39 is 23.8 Å². The predicted molar refractivity (Wildman–Crippen MR) is 81.5 cm³/mol. The zero-order chi connectivity index (χ0) is 16.3. The first-order chi connectivity index (χ1) is 10.3. The molecular formula is C16H22N2O4. The van der Waals surface area contributed by atoms with Gasteiger partial charge in [-0.05, 0) is 32.9 Å². The van der Waals surface area contributed by atoms with E-state index in [0.717, 1.165) is 0 Å². The highest BCUT2D eigenvalue weighted by atomic mass is 16.6. The Balaban J connectivity index is 1.94. The summed E-state index contributed by atoms with van der Waals surface area (Å²) in [6.07, 6.45) is -1.29. The maximum Gasteiger partial charge on any atom is 0.410 e. The fourth-order valence-electron chi connectivity index (χ4n) is 2.25. The topological polar surface area (TPSA) is 78.9 Å². The molecule has 0 aromatic heterocycles. The van der Waals surface area contributed by atoms with Crippen molar-refractivity contribution in [3.05, 3.63) is 35.9 Å². The molecule has 1 heterocycles.